The zero-order chi connectivity index (χ0) is 13.7. The van der Waals surface area contributed by atoms with Crippen molar-refractivity contribution in [1.82, 2.24) is 9.78 Å². The second-order valence-electron chi connectivity index (χ2n) is 3.80. The molecule has 0 spiro atoms. The number of nitro groups is 1. The summed E-state index contributed by atoms with van der Waals surface area (Å²) in [6.07, 6.45) is 3.47. The van der Waals surface area contributed by atoms with Crippen molar-refractivity contribution in [2.24, 2.45) is 0 Å². The highest BCUT2D eigenvalue weighted by atomic mass is 16.6. The minimum Gasteiger partial charge on any atom is -0.378 e. The van der Waals surface area contributed by atoms with Gasteiger partial charge in [-0.2, -0.15) is 10.4 Å². The number of anilines is 1. The molecule has 0 saturated carbocycles. The van der Waals surface area contributed by atoms with Crippen LogP contribution in [0.5, 0.6) is 0 Å². The quantitative estimate of drug-likeness (QED) is 0.650. The van der Waals surface area contributed by atoms with E-state index in [9.17, 15) is 10.1 Å². The van der Waals surface area contributed by atoms with Gasteiger partial charge in [-0.3, -0.25) is 14.8 Å². The van der Waals surface area contributed by atoms with Gasteiger partial charge in [-0.05, 0) is 18.2 Å². The van der Waals surface area contributed by atoms with E-state index < -0.39 is 4.92 Å². The second kappa shape index (κ2) is 5.64. The van der Waals surface area contributed by atoms with Crippen LogP contribution in [-0.4, -0.2) is 21.2 Å². The van der Waals surface area contributed by atoms with Gasteiger partial charge >= 0.3 is 0 Å². The van der Waals surface area contributed by atoms with Crippen LogP contribution in [0.2, 0.25) is 0 Å². The Hall–Kier alpha value is -2.88. The zero-order valence-corrected chi connectivity index (χ0v) is 9.98. The molecule has 7 nitrogen and oxygen atoms in total. The molecule has 1 aromatic heterocycles. The normalized spacial score (nSPS) is 9.84. The molecule has 0 unspecified atom stereocenters. The fraction of sp³-hybridized carbons (Fsp3) is 0.167. The van der Waals surface area contributed by atoms with Crippen LogP contribution in [0, 0.1) is 21.4 Å². The van der Waals surface area contributed by atoms with Crippen molar-refractivity contribution in [3.05, 3.63) is 52.3 Å². The van der Waals surface area contributed by atoms with Crippen LogP contribution >= 0.6 is 0 Å². The van der Waals surface area contributed by atoms with Crippen molar-refractivity contribution in [2.45, 2.75) is 6.54 Å². The first-order valence-electron chi connectivity index (χ1n) is 5.60. The van der Waals surface area contributed by atoms with Crippen LogP contribution in [0.3, 0.4) is 0 Å². The summed E-state index contributed by atoms with van der Waals surface area (Å²) in [5, 5.41) is 26.7. The van der Waals surface area contributed by atoms with Gasteiger partial charge in [-0.15, -0.1) is 0 Å². The fourth-order valence-corrected chi connectivity index (χ4v) is 1.64. The molecule has 0 bridgehead atoms. The number of aromatic nitrogens is 2. The first-order chi connectivity index (χ1) is 9.20. The second-order valence-corrected chi connectivity index (χ2v) is 3.80. The lowest BCUT2D eigenvalue weighted by atomic mass is 10.2. The average Bonchev–Trinajstić information content (AvgIpc) is 2.91. The number of nitro benzene ring substituents is 1. The van der Waals surface area contributed by atoms with Gasteiger partial charge in [0.05, 0.1) is 23.1 Å². The first kappa shape index (κ1) is 12.6. The van der Waals surface area contributed by atoms with Gasteiger partial charge in [0.15, 0.2) is 0 Å². The lowest BCUT2D eigenvalue weighted by molar-refractivity contribution is -0.384. The van der Waals surface area contributed by atoms with Crippen molar-refractivity contribution in [1.29, 1.82) is 5.26 Å². The summed E-state index contributed by atoms with van der Waals surface area (Å²) in [7, 11) is 0. The Kier molecular flexibility index (Phi) is 3.73. The Morgan fingerprint density at radius 3 is 3.00 bits per heavy atom. The average molecular weight is 257 g/mol. The van der Waals surface area contributed by atoms with E-state index >= 15 is 0 Å². The molecule has 1 aromatic carbocycles. The molecule has 0 aliphatic rings. The Morgan fingerprint density at radius 1 is 1.53 bits per heavy atom. The van der Waals surface area contributed by atoms with Gasteiger partial charge in [0, 0.05) is 25.0 Å². The largest absolute Gasteiger partial charge is 0.378 e. The highest BCUT2D eigenvalue weighted by molar-refractivity contribution is 5.64. The molecule has 1 N–H and O–H groups in total. The van der Waals surface area contributed by atoms with Crippen LogP contribution in [-0.2, 0) is 6.54 Å². The highest BCUT2D eigenvalue weighted by Gasteiger charge is 2.13. The molecule has 19 heavy (non-hydrogen) atoms. The number of hydrogen-bond acceptors (Lipinski definition) is 5. The Labute approximate surface area is 109 Å². The monoisotopic (exact) mass is 257 g/mol. The topological polar surface area (TPSA) is 96.8 Å². The van der Waals surface area contributed by atoms with Gasteiger partial charge in [-0.25, -0.2) is 0 Å². The number of nitrogens with zero attached hydrogens (tertiary/aromatic N) is 4. The van der Waals surface area contributed by atoms with Gasteiger partial charge in [0.1, 0.15) is 5.69 Å². The minimum absolute atomic E-state index is 0.0422. The summed E-state index contributed by atoms with van der Waals surface area (Å²) in [5.74, 6) is 0. The number of benzene rings is 1. The van der Waals surface area contributed by atoms with E-state index in [4.69, 9.17) is 5.26 Å². The smallest absolute Gasteiger partial charge is 0.292 e. The number of nitrogens with one attached hydrogen (secondary N) is 1. The summed E-state index contributed by atoms with van der Waals surface area (Å²) >= 11 is 0. The molecule has 2 aromatic rings. The lowest BCUT2D eigenvalue weighted by Gasteiger charge is -2.07. The van der Waals surface area contributed by atoms with E-state index in [0.717, 1.165) is 0 Å². The SMILES string of the molecule is N#Cc1ccc([N+](=O)[O-])c(NCCn2cccn2)c1. The third kappa shape index (κ3) is 3.07. The molecule has 7 heteroatoms. The maximum atomic E-state index is 10.9. The van der Waals surface area contributed by atoms with Gasteiger partial charge in [0.25, 0.3) is 5.69 Å². The van der Waals surface area contributed by atoms with Crippen LogP contribution < -0.4 is 5.32 Å². The standard InChI is InChI=1S/C12H11N5O2/c13-9-10-2-3-12(17(18)19)11(8-10)14-5-7-16-6-1-4-15-16/h1-4,6,8,14H,5,7H2. The Bertz CT molecular complexity index is 616. The van der Waals surface area contributed by atoms with Crippen LogP contribution in [0.15, 0.2) is 36.7 Å². The van der Waals surface area contributed by atoms with E-state index in [2.05, 4.69) is 10.4 Å². The van der Waals surface area contributed by atoms with Crippen molar-refractivity contribution in [3.63, 3.8) is 0 Å². The van der Waals surface area contributed by atoms with E-state index in [-0.39, 0.29) is 5.69 Å². The molecule has 1 heterocycles. The van der Waals surface area contributed by atoms with Crippen LogP contribution in [0.25, 0.3) is 0 Å². The van der Waals surface area contributed by atoms with Gasteiger partial charge < -0.3 is 5.32 Å². The van der Waals surface area contributed by atoms with Crippen molar-refractivity contribution in [2.75, 3.05) is 11.9 Å². The molecular formula is C12H11N5O2. The van der Waals surface area contributed by atoms with Crippen LogP contribution in [0.1, 0.15) is 5.56 Å². The first-order valence-corrected chi connectivity index (χ1v) is 5.60. The predicted octanol–water partition coefficient (Wildman–Crippen LogP) is 1.78. The highest BCUT2D eigenvalue weighted by Crippen LogP contribution is 2.24. The van der Waals surface area contributed by atoms with Gasteiger partial charge in [0.2, 0.25) is 0 Å². The lowest BCUT2D eigenvalue weighted by Crippen LogP contribution is -2.11. The molecule has 0 aliphatic heterocycles. The predicted molar refractivity (Wildman–Crippen MR) is 68.5 cm³/mol. The van der Waals surface area contributed by atoms with Crippen LogP contribution in [0.4, 0.5) is 11.4 Å². The van der Waals surface area contributed by atoms with Crippen molar-refractivity contribution < 1.29 is 4.92 Å². The van der Waals surface area contributed by atoms with Crippen molar-refractivity contribution >= 4 is 11.4 Å². The van der Waals surface area contributed by atoms with E-state index in [1.807, 2.05) is 12.3 Å². The molecule has 2 rings (SSSR count). The summed E-state index contributed by atoms with van der Waals surface area (Å²) in [6, 6.07) is 7.99. The number of nitriles is 1. The molecule has 0 aliphatic carbocycles. The Balaban J connectivity index is 2.09. The zero-order valence-electron chi connectivity index (χ0n) is 9.98. The third-order valence-corrected chi connectivity index (χ3v) is 2.54. The fourth-order valence-electron chi connectivity index (χ4n) is 1.64. The van der Waals surface area contributed by atoms with Gasteiger partial charge in [-0.1, -0.05) is 0 Å². The number of hydrogen-bond donors (Lipinski definition) is 1. The third-order valence-electron chi connectivity index (χ3n) is 2.54. The maximum Gasteiger partial charge on any atom is 0.292 e. The molecule has 0 atom stereocenters. The summed E-state index contributed by atoms with van der Waals surface area (Å²) < 4.78 is 1.72. The number of rotatable bonds is 5. The van der Waals surface area contributed by atoms with E-state index in [1.165, 1.54) is 18.2 Å². The molecular weight excluding hydrogens is 246 g/mol. The summed E-state index contributed by atoms with van der Waals surface area (Å²) in [4.78, 5) is 10.4. The Morgan fingerprint density at radius 2 is 2.37 bits per heavy atom. The van der Waals surface area contributed by atoms with E-state index in [0.29, 0.717) is 24.3 Å². The molecule has 0 saturated heterocycles. The molecule has 0 radical (unpaired) electrons. The maximum absolute atomic E-state index is 10.9. The summed E-state index contributed by atoms with van der Waals surface area (Å²) in [6.45, 7) is 1.07. The minimum atomic E-state index is -0.475. The summed E-state index contributed by atoms with van der Waals surface area (Å²) in [5.41, 5.74) is 0.683. The molecule has 96 valence electrons. The molecule has 0 fully saturated rings. The van der Waals surface area contributed by atoms with E-state index in [1.54, 1.807) is 16.9 Å². The molecule has 0 amide bonds. The van der Waals surface area contributed by atoms with Crippen molar-refractivity contribution in [3.8, 4) is 6.07 Å².